The number of nitrogens with zero attached hydrogens (tertiary/aromatic N) is 3. The van der Waals surface area contributed by atoms with E-state index in [0.717, 1.165) is 26.1 Å². The standard InChI is InChI=1S/C9H15N3O/c1-11-5-8(4-10-11)6-12-3-2-9(13)7-12/h4-5,9,13H,2-3,6-7H2,1H3/t9-/m1/s1. The monoisotopic (exact) mass is 181 g/mol. The highest BCUT2D eigenvalue weighted by atomic mass is 16.3. The molecular weight excluding hydrogens is 166 g/mol. The Bertz CT molecular complexity index is 284. The Labute approximate surface area is 77.8 Å². The van der Waals surface area contributed by atoms with Crippen LogP contribution in [0.4, 0.5) is 0 Å². The lowest BCUT2D eigenvalue weighted by Crippen LogP contribution is -2.21. The molecule has 1 aliphatic rings. The van der Waals surface area contributed by atoms with Crippen LogP contribution in [0, 0.1) is 0 Å². The third-order valence-corrected chi connectivity index (χ3v) is 2.41. The maximum atomic E-state index is 9.32. The first kappa shape index (κ1) is 8.72. The number of rotatable bonds is 2. The van der Waals surface area contributed by atoms with Gasteiger partial charge in [-0.15, -0.1) is 0 Å². The van der Waals surface area contributed by atoms with Gasteiger partial charge in [0.1, 0.15) is 0 Å². The maximum Gasteiger partial charge on any atom is 0.0679 e. The number of likely N-dealkylation sites (tertiary alicyclic amines) is 1. The molecule has 0 aromatic carbocycles. The van der Waals surface area contributed by atoms with Crippen LogP contribution < -0.4 is 0 Å². The van der Waals surface area contributed by atoms with E-state index >= 15 is 0 Å². The highest BCUT2D eigenvalue weighted by molar-refractivity contribution is 5.03. The second-order valence-corrected chi connectivity index (χ2v) is 3.70. The van der Waals surface area contributed by atoms with E-state index < -0.39 is 0 Å². The van der Waals surface area contributed by atoms with Crippen LogP contribution >= 0.6 is 0 Å². The molecule has 0 unspecified atom stereocenters. The molecule has 1 aliphatic heterocycles. The van der Waals surface area contributed by atoms with E-state index in [0.29, 0.717) is 0 Å². The predicted molar refractivity (Wildman–Crippen MR) is 49.1 cm³/mol. The van der Waals surface area contributed by atoms with E-state index in [1.165, 1.54) is 5.56 Å². The van der Waals surface area contributed by atoms with Crippen molar-refractivity contribution in [2.75, 3.05) is 13.1 Å². The third-order valence-electron chi connectivity index (χ3n) is 2.41. The summed E-state index contributed by atoms with van der Waals surface area (Å²) in [6.45, 7) is 2.70. The Morgan fingerprint density at radius 3 is 3.08 bits per heavy atom. The molecule has 0 amide bonds. The quantitative estimate of drug-likeness (QED) is 0.697. The van der Waals surface area contributed by atoms with Crippen molar-refractivity contribution >= 4 is 0 Å². The summed E-state index contributed by atoms with van der Waals surface area (Å²) in [6, 6.07) is 0. The van der Waals surface area contributed by atoms with E-state index in [9.17, 15) is 5.11 Å². The fourth-order valence-electron chi connectivity index (χ4n) is 1.77. The van der Waals surface area contributed by atoms with Gasteiger partial charge < -0.3 is 5.11 Å². The average Bonchev–Trinajstić information content (AvgIpc) is 2.62. The predicted octanol–water partition coefficient (Wildman–Crippen LogP) is -0.0133. The molecule has 1 saturated heterocycles. The van der Waals surface area contributed by atoms with Crippen molar-refractivity contribution in [2.45, 2.75) is 19.1 Å². The van der Waals surface area contributed by atoms with Crippen molar-refractivity contribution in [3.63, 3.8) is 0 Å². The Kier molecular flexibility index (Phi) is 2.33. The SMILES string of the molecule is Cn1cc(CN2CC[C@@H](O)C2)cn1. The lowest BCUT2D eigenvalue weighted by molar-refractivity contribution is 0.175. The minimum absolute atomic E-state index is 0.128. The van der Waals surface area contributed by atoms with E-state index in [4.69, 9.17) is 0 Å². The van der Waals surface area contributed by atoms with Gasteiger partial charge in [0.25, 0.3) is 0 Å². The highest BCUT2D eigenvalue weighted by Crippen LogP contribution is 2.12. The molecule has 1 atom stereocenters. The van der Waals surface area contributed by atoms with Crippen LogP contribution in [-0.2, 0) is 13.6 Å². The molecule has 0 spiro atoms. The highest BCUT2D eigenvalue weighted by Gasteiger charge is 2.20. The van der Waals surface area contributed by atoms with Crippen molar-refractivity contribution in [3.05, 3.63) is 18.0 Å². The molecule has 0 bridgehead atoms. The van der Waals surface area contributed by atoms with Gasteiger partial charge >= 0.3 is 0 Å². The number of aliphatic hydroxyl groups is 1. The van der Waals surface area contributed by atoms with Gasteiger partial charge in [-0.2, -0.15) is 5.10 Å². The minimum Gasteiger partial charge on any atom is -0.392 e. The van der Waals surface area contributed by atoms with E-state index in [1.54, 1.807) is 0 Å². The van der Waals surface area contributed by atoms with Crippen molar-refractivity contribution in [3.8, 4) is 0 Å². The molecule has 4 nitrogen and oxygen atoms in total. The summed E-state index contributed by atoms with van der Waals surface area (Å²) in [6.07, 6.45) is 4.67. The Morgan fingerprint density at radius 1 is 1.69 bits per heavy atom. The molecular formula is C9H15N3O. The summed E-state index contributed by atoms with van der Waals surface area (Å²) in [7, 11) is 1.92. The van der Waals surface area contributed by atoms with E-state index in [2.05, 4.69) is 10.00 Å². The number of β-amino-alcohol motifs (C(OH)–C–C–N with tert-alkyl or cyclic N) is 1. The first-order chi connectivity index (χ1) is 6.24. The molecule has 1 aromatic rings. The fraction of sp³-hybridized carbons (Fsp3) is 0.667. The summed E-state index contributed by atoms with van der Waals surface area (Å²) in [5.41, 5.74) is 1.22. The van der Waals surface area contributed by atoms with Crippen LogP contribution in [0.5, 0.6) is 0 Å². The lowest BCUT2D eigenvalue weighted by Gasteiger charge is -2.12. The van der Waals surface area contributed by atoms with Crippen LogP contribution in [0.15, 0.2) is 12.4 Å². The van der Waals surface area contributed by atoms with Crippen molar-refractivity contribution in [2.24, 2.45) is 7.05 Å². The zero-order chi connectivity index (χ0) is 9.26. The molecule has 1 fully saturated rings. The van der Waals surface area contributed by atoms with E-state index in [1.807, 2.05) is 24.1 Å². The van der Waals surface area contributed by atoms with Gasteiger partial charge in [0.05, 0.1) is 12.3 Å². The van der Waals surface area contributed by atoms with Crippen LogP contribution in [-0.4, -0.2) is 39.0 Å². The minimum atomic E-state index is -0.128. The molecule has 0 radical (unpaired) electrons. The van der Waals surface area contributed by atoms with Crippen molar-refractivity contribution in [1.82, 2.24) is 14.7 Å². The molecule has 4 heteroatoms. The summed E-state index contributed by atoms with van der Waals surface area (Å²) in [5.74, 6) is 0. The molecule has 0 aliphatic carbocycles. The molecule has 1 N–H and O–H groups in total. The largest absolute Gasteiger partial charge is 0.392 e. The first-order valence-corrected chi connectivity index (χ1v) is 4.62. The Balaban J connectivity index is 1.91. The summed E-state index contributed by atoms with van der Waals surface area (Å²) in [5, 5.41) is 13.4. The zero-order valence-corrected chi connectivity index (χ0v) is 7.85. The second kappa shape index (κ2) is 3.47. The first-order valence-electron chi connectivity index (χ1n) is 4.62. The van der Waals surface area contributed by atoms with Gasteiger partial charge in [0.15, 0.2) is 0 Å². The van der Waals surface area contributed by atoms with Crippen LogP contribution in [0.25, 0.3) is 0 Å². The topological polar surface area (TPSA) is 41.3 Å². The van der Waals surface area contributed by atoms with Crippen LogP contribution in [0.1, 0.15) is 12.0 Å². The number of aromatic nitrogens is 2. The molecule has 2 heterocycles. The van der Waals surface area contributed by atoms with Gasteiger partial charge in [0, 0.05) is 38.4 Å². The molecule has 72 valence electrons. The Hall–Kier alpha value is -0.870. The number of hydrogen-bond donors (Lipinski definition) is 1. The fourth-order valence-corrected chi connectivity index (χ4v) is 1.77. The Morgan fingerprint density at radius 2 is 2.54 bits per heavy atom. The van der Waals surface area contributed by atoms with Gasteiger partial charge in [-0.1, -0.05) is 0 Å². The number of hydrogen-bond acceptors (Lipinski definition) is 3. The second-order valence-electron chi connectivity index (χ2n) is 3.70. The van der Waals surface area contributed by atoms with E-state index in [-0.39, 0.29) is 6.10 Å². The van der Waals surface area contributed by atoms with Gasteiger partial charge in [-0.05, 0) is 6.42 Å². The van der Waals surface area contributed by atoms with Crippen molar-refractivity contribution < 1.29 is 5.11 Å². The third kappa shape index (κ3) is 2.08. The van der Waals surface area contributed by atoms with Gasteiger partial charge in [-0.25, -0.2) is 0 Å². The normalized spacial score (nSPS) is 24.0. The lowest BCUT2D eigenvalue weighted by atomic mass is 10.3. The smallest absolute Gasteiger partial charge is 0.0679 e. The molecule has 13 heavy (non-hydrogen) atoms. The van der Waals surface area contributed by atoms with Crippen molar-refractivity contribution in [1.29, 1.82) is 0 Å². The number of aryl methyl sites for hydroxylation is 1. The molecule has 2 rings (SSSR count). The maximum absolute atomic E-state index is 9.32. The summed E-state index contributed by atoms with van der Waals surface area (Å²) in [4.78, 5) is 2.25. The number of aliphatic hydroxyl groups excluding tert-OH is 1. The average molecular weight is 181 g/mol. The summed E-state index contributed by atoms with van der Waals surface area (Å²) < 4.78 is 1.81. The summed E-state index contributed by atoms with van der Waals surface area (Å²) >= 11 is 0. The molecule has 1 aromatic heterocycles. The molecule has 0 saturated carbocycles. The van der Waals surface area contributed by atoms with Gasteiger partial charge in [0.2, 0.25) is 0 Å². The zero-order valence-electron chi connectivity index (χ0n) is 7.85. The van der Waals surface area contributed by atoms with Gasteiger partial charge in [-0.3, -0.25) is 9.58 Å². The van der Waals surface area contributed by atoms with Crippen LogP contribution in [0.3, 0.4) is 0 Å². The van der Waals surface area contributed by atoms with Crippen LogP contribution in [0.2, 0.25) is 0 Å².